The van der Waals surface area contributed by atoms with Crippen LogP contribution in [-0.4, -0.2) is 58.9 Å². The van der Waals surface area contributed by atoms with Gasteiger partial charge in [0, 0.05) is 24.6 Å². The molecule has 1 unspecified atom stereocenters. The predicted octanol–water partition coefficient (Wildman–Crippen LogP) is 2.72. The van der Waals surface area contributed by atoms with E-state index in [1.807, 2.05) is 0 Å². The van der Waals surface area contributed by atoms with E-state index >= 15 is 0 Å². The maximum atomic E-state index is 13.1. The minimum Gasteiger partial charge on any atom is -0.495 e. The molecule has 1 atom stereocenters. The summed E-state index contributed by atoms with van der Waals surface area (Å²) < 4.78 is 44.8. The number of piperidine rings is 1. The Balaban J connectivity index is 1.51. The first-order chi connectivity index (χ1) is 15.0. The standard InChI is InChI=1S/C22H26N2O6S/c1-28-20-10-3-2-9-19(20)23-31(26,27)18-8-4-6-16(14-18)21(25)24-11-5-7-17(15-24)22-29-12-13-30-22/h2-4,6,8-10,14,17,22-23H,5,7,11-13,15H2,1H3. The Bertz CT molecular complexity index is 1040. The van der Waals surface area contributed by atoms with E-state index in [0.717, 1.165) is 12.8 Å². The summed E-state index contributed by atoms with van der Waals surface area (Å²) in [5.74, 6) is 0.338. The first kappa shape index (κ1) is 21.6. The molecule has 0 saturated carbocycles. The molecular formula is C22H26N2O6S. The molecule has 2 heterocycles. The summed E-state index contributed by atoms with van der Waals surface area (Å²) in [6, 6.07) is 12.8. The van der Waals surface area contributed by atoms with Crippen LogP contribution in [0, 0.1) is 5.92 Å². The summed E-state index contributed by atoms with van der Waals surface area (Å²) in [7, 11) is -2.43. The van der Waals surface area contributed by atoms with Gasteiger partial charge < -0.3 is 19.1 Å². The third-order valence-corrected chi connectivity index (χ3v) is 6.88. The number of nitrogens with zero attached hydrogens (tertiary/aromatic N) is 1. The number of para-hydroxylation sites is 2. The highest BCUT2D eigenvalue weighted by atomic mass is 32.2. The van der Waals surface area contributed by atoms with Crippen LogP contribution in [0.15, 0.2) is 53.4 Å². The molecule has 2 aromatic rings. The lowest BCUT2D eigenvalue weighted by Gasteiger charge is -2.34. The minimum absolute atomic E-state index is 0.0141. The average Bonchev–Trinajstić information content (AvgIpc) is 3.34. The Morgan fingerprint density at radius 3 is 2.68 bits per heavy atom. The van der Waals surface area contributed by atoms with Gasteiger partial charge in [0.05, 0.1) is 30.9 Å². The number of methoxy groups -OCH3 is 1. The second kappa shape index (κ2) is 9.25. The van der Waals surface area contributed by atoms with Crippen LogP contribution in [0.25, 0.3) is 0 Å². The molecule has 8 nitrogen and oxygen atoms in total. The van der Waals surface area contributed by atoms with Gasteiger partial charge in [-0.05, 0) is 43.2 Å². The molecule has 4 rings (SSSR count). The molecule has 0 radical (unpaired) electrons. The van der Waals surface area contributed by atoms with Crippen molar-refractivity contribution in [2.75, 3.05) is 38.1 Å². The van der Waals surface area contributed by atoms with Crippen LogP contribution in [0.4, 0.5) is 5.69 Å². The van der Waals surface area contributed by atoms with Crippen molar-refractivity contribution in [3.8, 4) is 5.75 Å². The molecule has 31 heavy (non-hydrogen) atoms. The Hall–Kier alpha value is -2.62. The van der Waals surface area contributed by atoms with Crippen LogP contribution >= 0.6 is 0 Å². The highest BCUT2D eigenvalue weighted by molar-refractivity contribution is 7.92. The first-order valence-electron chi connectivity index (χ1n) is 10.3. The van der Waals surface area contributed by atoms with E-state index < -0.39 is 10.0 Å². The molecule has 2 aliphatic rings. The molecule has 1 N–H and O–H groups in total. The fourth-order valence-electron chi connectivity index (χ4n) is 3.98. The molecular weight excluding hydrogens is 420 g/mol. The fraction of sp³-hybridized carbons (Fsp3) is 0.409. The first-order valence-corrected chi connectivity index (χ1v) is 11.7. The highest BCUT2D eigenvalue weighted by Crippen LogP contribution is 2.28. The number of benzene rings is 2. The van der Waals surface area contributed by atoms with Gasteiger partial charge in [0.25, 0.3) is 15.9 Å². The third-order valence-electron chi connectivity index (χ3n) is 5.52. The SMILES string of the molecule is COc1ccccc1NS(=O)(=O)c1cccc(C(=O)N2CCCC(C3OCCO3)C2)c1. The van der Waals surface area contributed by atoms with E-state index in [9.17, 15) is 13.2 Å². The topological polar surface area (TPSA) is 94.2 Å². The smallest absolute Gasteiger partial charge is 0.262 e. The number of rotatable bonds is 6. The number of carbonyl (C=O) groups excluding carboxylic acids is 1. The number of ether oxygens (including phenoxy) is 3. The van der Waals surface area contributed by atoms with Gasteiger partial charge in [0.2, 0.25) is 0 Å². The third kappa shape index (κ3) is 4.84. The van der Waals surface area contributed by atoms with Crippen molar-refractivity contribution in [2.45, 2.75) is 24.0 Å². The van der Waals surface area contributed by atoms with Crippen LogP contribution in [-0.2, 0) is 19.5 Å². The van der Waals surface area contributed by atoms with Crippen LogP contribution in [0.2, 0.25) is 0 Å². The lowest BCUT2D eigenvalue weighted by atomic mass is 9.96. The molecule has 0 bridgehead atoms. The molecule has 2 saturated heterocycles. The fourth-order valence-corrected chi connectivity index (χ4v) is 5.09. The quantitative estimate of drug-likeness (QED) is 0.733. The predicted molar refractivity (Wildman–Crippen MR) is 115 cm³/mol. The Morgan fingerprint density at radius 2 is 1.90 bits per heavy atom. The van der Waals surface area contributed by atoms with Crippen LogP contribution in [0.1, 0.15) is 23.2 Å². The van der Waals surface area contributed by atoms with Crippen molar-refractivity contribution < 1.29 is 27.4 Å². The number of anilines is 1. The van der Waals surface area contributed by atoms with Gasteiger partial charge in [0.15, 0.2) is 6.29 Å². The van der Waals surface area contributed by atoms with Gasteiger partial charge in [-0.2, -0.15) is 0 Å². The summed E-state index contributed by atoms with van der Waals surface area (Å²) >= 11 is 0. The Labute approximate surface area is 182 Å². The minimum atomic E-state index is -3.90. The number of likely N-dealkylation sites (tertiary alicyclic amines) is 1. The average molecular weight is 447 g/mol. The van der Waals surface area contributed by atoms with E-state index in [-0.39, 0.29) is 23.0 Å². The summed E-state index contributed by atoms with van der Waals surface area (Å²) in [6.45, 7) is 2.31. The van der Waals surface area contributed by atoms with Crippen molar-refractivity contribution in [2.24, 2.45) is 5.92 Å². The van der Waals surface area contributed by atoms with Crippen molar-refractivity contribution >= 4 is 21.6 Å². The number of amides is 1. The summed E-state index contributed by atoms with van der Waals surface area (Å²) in [5, 5.41) is 0. The van der Waals surface area contributed by atoms with Crippen molar-refractivity contribution in [3.63, 3.8) is 0 Å². The maximum absolute atomic E-state index is 13.1. The Morgan fingerprint density at radius 1 is 1.13 bits per heavy atom. The number of hydrogen-bond donors (Lipinski definition) is 1. The zero-order chi connectivity index (χ0) is 21.8. The normalized spacial score (nSPS) is 19.9. The number of carbonyl (C=O) groups is 1. The van der Waals surface area contributed by atoms with Gasteiger partial charge in [-0.3, -0.25) is 9.52 Å². The van der Waals surface area contributed by atoms with Crippen molar-refractivity contribution in [3.05, 3.63) is 54.1 Å². The molecule has 9 heteroatoms. The lowest BCUT2D eigenvalue weighted by molar-refractivity contribution is -0.0969. The largest absolute Gasteiger partial charge is 0.495 e. The number of nitrogens with one attached hydrogen (secondary N) is 1. The second-order valence-electron chi connectivity index (χ2n) is 7.60. The molecule has 0 spiro atoms. The van der Waals surface area contributed by atoms with Gasteiger partial charge in [-0.25, -0.2) is 8.42 Å². The van der Waals surface area contributed by atoms with Crippen LogP contribution < -0.4 is 9.46 Å². The van der Waals surface area contributed by atoms with Gasteiger partial charge >= 0.3 is 0 Å². The zero-order valence-electron chi connectivity index (χ0n) is 17.3. The molecule has 1 amide bonds. The molecule has 0 aliphatic carbocycles. The Kier molecular flexibility index (Phi) is 6.45. The van der Waals surface area contributed by atoms with Crippen LogP contribution in [0.5, 0.6) is 5.75 Å². The van der Waals surface area contributed by atoms with E-state index in [4.69, 9.17) is 14.2 Å². The van der Waals surface area contributed by atoms with Crippen molar-refractivity contribution in [1.82, 2.24) is 4.90 Å². The monoisotopic (exact) mass is 446 g/mol. The van der Waals surface area contributed by atoms with Crippen molar-refractivity contribution in [1.29, 1.82) is 0 Å². The lowest BCUT2D eigenvalue weighted by Crippen LogP contribution is -2.43. The van der Waals surface area contributed by atoms with E-state index in [1.54, 1.807) is 41.3 Å². The van der Waals surface area contributed by atoms with E-state index in [1.165, 1.54) is 19.2 Å². The summed E-state index contributed by atoms with van der Waals surface area (Å²) in [5.41, 5.74) is 0.661. The van der Waals surface area contributed by atoms with Gasteiger partial charge in [-0.15, -0.1) is 0 Å². The van der Waals surface area contributed by atoms with Gasteiger partial charge in [0.1, 0.15) is 5.75 Å². The summed E-state index contributed by atoms with van der Waals surface area (Å²) in [6.07, 6.45) is 1.52. The molecule has 2 aliphatic heterocycles. The van der Waals surface area contributed by atoms with E-state index in [0.29, 0.717) is 43.3 Å². The molecule has 0 aromatic heterocycles. The zero-order valence-corrected chi connectivity index (χ0v) is 18.1. The number of hydrogen-bond acceptors (Lipinski definition) is 6. The van der Waals surface area contributed by atoms with E-state index in [2.05, 4.69) is 4.72 Å². The molecule has 2 fully saturated rings. The van der Waals surface area contributed by atoms with Crippen LogP contribution in [0.3, 0.4) is 0 Å². The van der Waals surface area contributed by atoms with Gasteiger partial charge in [-0.1, -0.05) is 18.2 Å². The second-order valence-corrected chi connectivity index (χ2v) is 9.28. The molecule has 166 valence electrons. The highest BCUT2D eigenvalue weighted by Gasteiger charge is 2.33. The molecule has 2 aromatic carbocycles. The summed E-state index contributed by atoms with van der Waals surface area (Å²) in [4.78, 5) is 14.9. The number of sulfonamides is 1. The maximum Gasteiger partial charge on any atom is 0.262 e.